The minimum atomic E-state index is -3.02. The summed E-state index contributed by atoms with van der Waals surface area (Å²) in [6, 6.07) is 4.63. The number of aromatic nitrogens is 5. The van der Waals surface area contributed by atoms with Crippen LogP contribution in [0.5, 0.6) is 0 Å². The van der Waals surface area contributed by atoms with Crippen LogP contribution in [0.3, 0.4) is 0 Å². The number of alkyl halides is 4. The minimum Gasteiger partial charge on any atom is -0.385 e. The van der Waals surface area contributed by atoms with E-state index in [1.807, 2.05) is 0 Å². The summed E-state index contributed by atoms with van der Waals surface area (Å²) in [7, 11) is 0. The number of halogens is 5. The SMILES string of the molecule is Nc1ncnc2c1ncn2Cc1cc(-c2ccc(F)cc2C(F)F)ncc1N1CCCC(N)([C@H](O)C(F)F)C1. The smallest absolute Gasteiger partial charge is 0.265 e. The number of rotatable bonds is 7. The van der Waals surface area contributed by atoms with Gasteiger partial charge in [0.2, 0.25) is 0 Å². The van der Waals surface area contributed by atoms with Gasteiger partial charge in [-0.2, -0.15) is 0 Å². The first-order valence-corrected chi connectivity index (χ1v) is 12.1. The molecule has 4 heterocycles. The van der Waals surface area contributed by atoms with Crippen molar-refractivity contribution < 1.29 is 27.1 Å². The first-order valence-electron chi connectivity index (χ1n) is 12.1. The van der Waals surface area contributed by atoms with E-state index in [-0.39, 0.29) is 36.6 Å². The van der Waals surface area contributed by atoms with Crippen molar-refractivity contribution in [3.63, 3.8) is 0 Å². The molecule has 9 nitrogen and oxygen atoms in total. The molecule has 0 amide bonds. The third kappa shape index (κ3) is 5.08. The van der Waals surface area contributed by atoms with Gasteiger partial charge in [0.25, 0.3) is 12.9 Å². The van der Waals surface area contributed by atoms with E-state index in [9.17, 15) is 27.1 Å². The van der Waals surface area contributed by atoms with E-state index in [2.05, 4.69) is 19.9 Å². The minimum absolute atomic E-state index is 0.0428. The molecule has 1 aliphatic rings. The Kier molecular flexibility index (Phi) is 7.07. The molecule has 1 aromatic carbocycles. The van der Waals surface area contributed by atoms with E-state index >= 15 is 0 Å². The monoisotopic (exact) mass is 548 g/mol. The highest BCUT2D eigenvalue weighted by Crippen LogP contribution is 2.36. The molecule has 0 bridgehead atoms. The Morgan fingerprint density at radius 1 is 1.08 bits per heavy atom. The summed E-state index contributed by atoms with van der Waals surface area (Å²) in [5.74, 6) is -0.634. The zero-order valence-corrected chi connectivity index (χ0v) is 20.5. The molecule has 0 aliphatic carbocycles. The van der Waals surface area contributed by atoms with Gasteiger partial charge in [-0.3, -0.25) is 4.98 Å². The predicted octanol–water partition coefficient (Wildman–Crippen LogP) is 3.52. The fourth-order valence-electron chi connectivity index (χ4n) is 5.00. The average molecular weight is 549 g/mol. The number of aliphatic hydroxyl groups excluding tert-OH is 1. The molecule has 0 saturated carbocycles. The Morgan fingerprint density at radius 2 is 1.87 bits per heavy atom. The molecule has 1 aliphatic heterocycles. The highest BCUT2D eigenvalue weighted by atomic mass is 19.3. The Balaban J connectivity index is 1.61. The molecule has 0 spiro atoms. The zero-order valence-electron chi connectivity index (χ0n) is 20.5. The van der Waals surface area contributed by atoms with Gasteiger partial charge in [0, 0.05) is 24.2 Å². The summed E-state index contributed by atoms with van der Waals surface area (Å²) in [5, 5.41) is 10.1. The van der Waals surface area contributed by atoms with Crippen molar-refractivity contribution in [1.82, 2.24) is 24.5 Å². The van der Waals surface area contributed by atoms with E-state index in [0.29, 0.717) is 35.4 Å². The first kappa shape index (κ1) is 26.7. The molecule has 206 valence electrons. The number of nitrogen functional groups attached to an aromatic ring is 1. The van der Waals surface area contributed by atoms with Gasteiger partial charge in [0.1, 0.15) is 23.8 Å². The maximum Gasteiger partial charge on any atom is 0.265 e. The number of imidazole rings is 1. The molecule has 1 fully saturated rings. The normalized spacial score (nSPS) is 18.8. The van der Waals surface area contributed by atoms with Crippen LogP contribution >= 0.6 is 0 Å². The summed E-state index contributed by atoms with van der Waals surface area (Å²) >= 11 is 0. The average Bonchev–Trinajstić information content (AvgIpc) is 3.32. The number of nitrogens with zero attached hydrogens (tertiary/aromatic N) is 6. The van der Waals surface area contributed by atoms with Gasteiger partial charge >= 0.3 is 0 Å². The van der Waals surface area contributed by atoms with Gasteiger partial charge in [-0.1, -0.05) is 0 Å². The quantitative estimate of drug-likeness (QED) is 0.299. The number of piperidine rings is 1. The number of pyridine rings is 1. The molecule has 0 radical (unpaired) electrons. The molecule has 14 heteroatoms. The van der Waals surface area contributed by atoms with E-state index in [4.69, 9.17) is 11.5 Å². The largest absolute Gasteiger partial charge is 0.385 e. The fourth-order valence-corrected chi connectivity index (χ4v) is 5.00. The summed E-state index contributed by atoms with van der Waals surface area (Å²) in [5.41, 5.74) is 12.1. The lowest BCUT2D eigenvalue weighted by Gasteiger charge is -2.44. The van der Waals surface area contributed by atoms with Crippen molar-refractivity contribution in [2.24, 2.45) is 5.73 Å². The van der Waals surface area contributed by atoms with Crippen LogP contribution < -0.4 is 16.4 Å². The van der Waals surface area contributed by atoms with Crippen LogP contribution in [0.1, 0.15) is 30.4 Å². The third-order valence-corrected chi connectivity index (χ3v) is 6.98. The number of fused-ring (bicyclic) bond motifs is 1. The topological polar surface area (TPSA) is 132 Å². The van der Waals surface area contributed by atoms with E-state index in [1.165, 1.54) is 24.9 Å². The summed E-state index contributed by atoms with van der Waals surface area (Å²) < 4.78 is 69.7. The van der Waals surface area contributed by atoms with Crippen LogP contribution in [0.25, 0.3) is 22.4 Å². The number of aliphatic hydroxyl groups is 1. The standard InChI is InChI=1S/C25H25F5N8O/c26-14-2-3-15(16(7-14)21(27)28)17-6-13(9-38-12-36-19-23(31)34-11-35-24(19)38)18(8-33-17)37-5-1-4-25(32,10-37)20(39)22(29)30/h2-3,6-8,11-12,20-22,39H,1,4-5,9-10,32H2,(H2,31,34,35)/t20-,25?/m1/s1. The fraction of sp³-hybridized carbons (Fsp3) is 0.360. The third-order valence-electron chi connectivity index (χ3n) is 6.98. The van der Waals surface area contributed by atoms with Crippen molar-refractivity contribution in [2.45, 2.75) is 43.9 Å². The summed E-state index contributed by atoms with van der Waals surface area (Å²) in [6.45, 7) is 0.460. The number of anilines is 2. The Labute approximate surface area is 219 Å². The van der Waals surface area contributed by atoms with Crippen molar-refractivity contribution in [3.8, 4) is 11.3 Å². The van der Waals surface area contributed by atoms with Crippen LogP contribution in [0.2, 0.25) is 0 Å². The van der Waals surface area contributed by atoms with Crippen LogP contribution in [0, 0.1) is 5.82 Å². The molecular weight excluding hydrogens is 523 g/mol. The van der Waals surface area contributed by atoms with Gasteiger partial charge in [-0.15, -0.1) is 0 Å². The molecule has 5 rings (SSSR count). The van der Waals surface area contributed by atoms with Crippen molar-refractivity contribution in [2.75, 3.05) is 23.7 Å². The molecule has 39 heavy (non-hydrogen) atoms. The Morgan fingerprint density at radius 3 is 2.62 bits per heavy atom. The van der Waals surface area contributed by atoms with Crippen molar-refractivity contribution in [3.05, 3.63) is 60.1 Å². The maximum absolute atomic E-state index is 13.8. The molecule has 1 unspecified atom stereocenters. The van der Waals surface area contributed by atoms with E-state index in [1.54, 1.807) is 15.5 Å². The van der Waals surface area contributed by atoms with Crippen LogP contribution in [0.15, 0.2) is 43.1 Å². The van der Waals surface area contributed by atoms with Crippen molar-refractivity contribution >= 4 is 22.7 Å². The molecule has 1 saturated heterocycles. The molecule has 3 aromatic heterocycles. The van der Waals surface area contributed by atoms with E-state index in [0.717, 1.165) is 12.1 Å². The molecule has 2 atom stereocenters. The highest BCUT2D eigenvalue weighted by Gasteiger charge is 2.43. The van der Waals surface area contributed by atoms with Gasteiger partial charge < -0.3 is 26.0 Å². The van der Waals surface area contributed by atoms with Gasteiger partial charge in [-0.25, -0.2) is 36.9 Å². The predicted molar refractivity (Wildman–Crippen MR) is 134 cm³/mol. The molecule has 5 N–H and O–H groups in total. The summed E-state index contributed by atoms with van der Waals surface area (Å²) in [6.07, 6.45) is -3.20. The zero-order chi connectivity index (χ0) is 27.9. The van der Waals surface area contributed by atoms with Crippen LogP contribution in [0.4, 0.5) is 33.5 Å². The second-order valence-electron chi connectivity index (χ2n) is 9.57. The van der Waals surface area contributed by atoms with Gasteiger partial charge in [0.05, 0.1) is 36.0 Å². The number of hydrogen-bond donors (Lipinski definition) is 3. The number of benzene rings is 1. The van der Waals surface area contributed by atoms with Gasteiger partial charge in [-0.05, 0) is 42.7 Å². The Bertz CT molecular complexity index is 1500. The lowest BCUT2D eigenvalue weighted by Crippen LogP contribution is -2.63. The number of hydrogen-bond acceptors (Lipinski definition) is 8. The van der Waals surface area contributed by atoms with Crippen LogP contribution in [-0.2, 0) is 6.54 Å². The summed E-state index contributed by atoms with van der Waals surface area (Å²) in [4.78, 5) is 18.5. The second-order valence-corrected chi connectivity index (χ2v) is 9.57. The maximum atomic E-state index is 13.8. The van der Waals surface area contributed by atoms with Crippen molar-refractivity contribution in [1.29, 1.82) is 0 Å². The highest BCUT2D eigenvalue weighted by molar-refractivity contribution is 5.81. The molecule has 4 aromatic rings. The van der Waals surface area contributed by atoms with E-state index < -0.39 is 35.9 Å². The molecular formula is C25H25F5N8O. The van der Waals surface area contributed by atoms with Crippen LogP contribution in [-0.4, -0.2) is 60.8 Å². The first-order chi connectivity index (χ1) is 18.6. The second kappa shape index (κ2) is 10.3. The number of nitrogens with two attached hydrogens (primary N) is 2. The van der Waals surface area contributed by atoms with Gasteiger partial charge in [0.15, 0.2) is 11.5 Å². The lowest BCUT2D eigenvalue weighted by atomic mass is 9.84. The lowest BCUT2D eigenvalue weighted by molar-refractivity contribution is -0.0529. The Hall–Kier alpha value is -3.91.